The fraction of sp³-hybridized carbons (Fsp3) is 0.0500. The highest BCUT2D eigenvalue weighted by Gasteiger charge is 2.14. The van der Waals surface area contributed by atoms with Crippen LogP contribution in [-0.2, 0) is 6.54 Å². The molecule has 26 heavy (non-hydrogen) atoms. The maximum Gasteiger partial charge on any atom is 0.255 e. The zero-order valence-corrected chi connectivity index (χ0v) is 15.3. The molecule has 0 unspecified atom stereocenters. The molecule has 0 atom stereocenters. The molecule has 3 rings (SSSR count). The average Bonchev–Trinajstić information content (AvgIpc) is 2.63. The zero-order valence-electron chi connectivity index (χ0n) is 13.7. The molecule has 0 saturated carbocycles. The lowest BCUT2D eigenvalue weighted by Crippen LogP contribution is -3.00. The van der Waals surface area contributed by atoms with Gasteiger partial charge >= 0.3 is 0 Å². The van der Waals surface area contributed by atoms with Crippen LogP contribution >= 0.6 is 0 Å². The predicted molar refractivity (Wildman–Crippen MR) is 91.8 cm³/mol. The lowest BCUT2D eigenvalue weighted by molar-refractivity contribution is -0.682. The third kappa shape index (κ3) is 5.07. The molecule has 0 aliphatic rings. The standard InChI is InChI=1S/C20H15FN2O2.BrH/c21-17-10-8-15(9-11-17)19(24)14-23-12-4-7-18(13-23)22-20(25)16-5-2-1-3-6-16;/h1-13H,14H2;1H. The smallest absolute Gasteiger partial charge is 0.255 e. The molecule has 0 saturated heterocycles. The second-order valence-corrected chi connectivity index (χ2v) is 5.52. The van der Waals surface area contributed by atoms with Crippen molar-refractivity contribution < 1.29 is 35.5 Å². The maximum atomic E-state index is 12.9. The molecule has 1 N–H and O–H groups in total. The summed E-state index contributed by atoms with van der Waals surface area (Å²) in [5.41, 5.74) is 1.58. The van der Waals surface area contributed by atoms with Gasteiger partial charge in [0.05, 0.1) is 0 Å². The van der Waals surface area contributed by atoms with Crippen LogP contribution in [0, 0.1) is 5.82 Å². The molecule has 2 aromatic carbocycles. The van der Waals surface area contributed by atoms with E-state index in [9.17, 15) is 14.0 Å². The van der Waals surface area contributed by atoms with Crippen molar-refractivity contribution in [3.8, 4) is 0 Å². The number of aromatic nitrogens is 1. The first-order valence-electron chi connectivity index (χ1n) is 7.76. The maximum absolute atomic E-state index is 12.9. The summed E-state index contributed by atoms with van der Waals surface area (Å²) in [6.45, 7) is 0.0979. The lowest BCUT2D eigenvalue weighted by atomic mass is 10.1. The molecule has 1 heterocycles. The van der Waals surface area contributed by atoms with E-state index >= 15 is 0 Å². The van der Waals surface area contributed by atoms with Crippen molar-refractivity contribution in [2.75, 3.05) is 5.32 Å². The van der Waals surface area contributed by atoms with E-state index < -0.39 is 0 Å². The van der Waals surface area contributed by atoms with E-state index in [1.54, 1.807) is 53.4 Å². The number of rotatable bonds is 5. The van der Waals surface area contributed by atoms with Crippen molar-refractivity contribution in [3.05, 3.63) is 96.1 Å². The molecule has 132 valence electrons. The Labute approximate surface area is 161 Å². The van der Waals surface area contributed by atoms with Gasteiger partial charge in [-0.2, -0.15) is 4.57 Å². The number of nitrogens with zero attached hydrogens (tertiary/aromatic N) is 1. The topological polar surface area (TPSA) is 50.0 Å². The lowest BCUT2D eigenvalue weighted by Gasteiger charge is -2.04. The summed E-state index contributed by atoms with van der Waals surface area (Å²) in [6.07, 6.45) is 3.42. The van der Waals surface area contributed by atoms with E-state index in [0.29, 0.717) is 16.8 Å². The van der Waals surface area contributed by atoms with Gasteiger partial charge in [0.1, 0.15) is 11.5 Å². The Kier molecular flexibility index (Phi) is 6.74. The van der Waals surface area contributed by atoms with Crippen LogP contribution < -0.4 is 26.9 Å². The van der Waals surface area contributed by atoms with Gasteiger partial charge in [0.25, 0.3) is 5.91 Å². The predicted octanol–water partition coefficient (Wildman–Crippen LogP) is 0.252. The number of carbonyl (C=O) groups is 2. The van der Waals surface area contributed by atoms with Crippen molar-refractivity contribution in [1.82, 2.24) is 0 Å². The van der Waals surface area contributed by atoms with E-state index in [1.807, 2.05) is 6.07 Å². The number of nitrogens with one attached hydrogen (secondary N) is 1. The van der Waals surface area contributed by atoms with Crippen molar-refractivity contribution in [3.63, 3.8) is 0 Å². The number of hydrogen-bond acceptors (Lipinski definition) is 2. The molecule has 0 fully saturated rings. The third-order valence-electron chi connectivity index (χ3n) is 3.64. The molecule has 4 nitrogen and oxygen atoms in total. The molecule has 1 amide bonds. The summed E-state index contributed by atoms with van der Waals surface area (Å²) in [4.78, 5) is 24.4. The summed E-state index contributed by atoms with van der Waals surface area (Å²) in [7, 11) is 0. The number of hydrogen-bond donors (Lipinski definition) is 1. The Morgan fingerprint density at radius 1 is 0.885 bits per heavy atom. The van der Waals surface area contributed by atoms with E-state index in [4.69, 9.17) is 0 Å². The number of anilines is 1. The van der Waals surface area contributed by atoms with Gasteiger partial charge in [0.15, 0.2) is 12.4 Å². The van der Waals surface area contributed by atoms with E-state index in [-0.39, 0.29) is 41.0 Å². The Bertz CT molecular complexity index is 899. The Hall–Kier alpha value is -2.86. The van der Waals surface area contributed by atoms with Crippen LogP contribution in [0.25, 0.3) is 0 Å². The molecule has 0 aliphatic carbocycles. The first-order valence-corrected chi connectivity index (χ1v) is 7.76. The van der Waals surface area contributed by atoms with Crippen LogP contribution in [0.1, 0.15) is 20.7 Å². The fourth-order valence-corrected chi connectivity index (χ4v) is 2.38. The van der Waals surface area contributed by atoms with Gasteiger partial charge in [0, 0.05) is 17.2 Å². The number of ketones is 1. The van der Waals surface area contributed by atoms with Gasteiger partial charge in [-0.05, 0) is 42.5 Å². The molecule has 0 aliphatic heterocycles. The SMILES string of the molecule is O=C(C[n+]1cccc(NC(=O)c2ccccc2)c1)c1ccc(F)cc1.[Br-]. The number of halogens is 2. The highest BCUT2D eigenvalue weighted by atomic mass is 79.9. The second kappa shape index (κ2) is 9.01. The zero-order chi connectivity index (χ0) is 17.6. The second-order valence-electron chi connectivity index (χ2n) is 5.52. The van der Waals surface area contributed by atoms with Crippen molar-refractivity contribution in [1.29, 1.82) is 0 Å². The van der Waals surface area contributed by atoms with Gasteiger partial charge in [-0.15, -0.1) is 0 Å². The first kappa shape index (κ1) is 19.5. The van der Waals surface area contributed by atoms with Crippen molar-refractivity contribution in [2.45, 2.75) is 6.54 Å². The van der Waals surface area contributed by atoms with Crippen LogP contribution in [0.5, 0.6) is 0 Å². The van der Waals surface area contributed by atoms with Gasteiger partial charge in [0.2, 0.25) is 12.3 Å². The van der Waals surface area contributed by atoms with Crippen molar-refractivity contribution >= 4 is 17.4 Å². The Morgan fingerprint density at radius 3 is 2.27 bits per heavy atom. The van der Waals surface area contributed by atoms with Crippen LogP contribution in [0.4, 0.5) is 10.1 Å². The van der Waals surface area contributed by atoms with Crippen LogP contribution in [0.15, 0.2) is 79.1 Å². The Morgan fingerprint density at radius 2 is 1.58 bits per heavy atom. The van der Waals surface area contributed by atoms with Gasteiger partial charge in [-0.3, -0.25) is 9.59 Å². The molecule has 0 radical (unpaired) electrons. The van der Waals surface area contributed by atoms with Gasteiger partial charge < -0.3 is 22.3 Å². The minimum absolute atomic E-state index is 0. The number of benzene rings is 2. The highest BCUT2D eigenvalue weighted by Crippen LogP contribution is 2.08. The first-order chi connectivity index (χ1) is 12.1. The number of pyridine rings is 1. The number of Topliss-reactive ketones (excluding diaryl/α,β-unsaturated/α-hetero) is 1. The van der Waals surface area contributed by atoms with E-state index in [0.717, 1.165) is 0 Å². The highest BCUT2D eigenvalue weighted by molar-refractivity contribution is 6.04. The summed E-state index contributed by atoms with van der Waals surface area (Å²) in [5.74, 6) is -0.741. The van der Waals surface area contributed by atoms with Crippen molar-refractivity contribution in [2.24, 2.45) is 0 Å². The molecule has 0 spiro atoms. The summed E-state index contributed by atoms with van der Waals surface area (Å²) in [6, 6.07) is 17.8. The average molecular weight is 415 g/mol. The summed E-state index contributed by atoms with van der Waals surface area (Å²) < 4.78 is 14.6. The third-order valence-corrected chi connectivity index (χ3v) is 3.64. The molecular formula is C20H16BrFN2O2. The normalized spacial score (nSPS) is 9.88. The minimum Gasteiger partial charge on any atom is -1.00 e. The molecular weight excluding hydrogens is 399 g/mol. The van der Waals surface area contributed by atoms with Gasteiger partial charge in [-0.1, -0.05) is 18.2 Å². The fourth-order valence-electron chi connectivity index (χ4n) is 2.38. The summed E-state index contributed by atoms with van der Waals surface area (Å²) in [5, 5.41) is 2.80. The minimum atomic E-state index is -0.380. The van der Waals surface area contributed by atoms with Crippen LogP contribution in [0.3, 0.4) is 0 Å². The van der Waals surface area contributed by atoms with E-state index in [1.165, 1.54) is 24.3 Å². The summed E-state index contributed by atoms with van der Waals surface area (Å²) >= 11 is 0. The molecule has 1 aromatic heterocycles. The molecule has 6 heteroatoms. The molecule has 0 bridgehead atoms. The number of amides is 1. The number of carbonyl (C=O) groups excluding carboxylic acids is 2. The van der Waals surface area contributed by atoms with Gasteiger partial charge in [-0.25, -0.2) is 4.39 Å². The van der Waals surface area contributed by atoms with E-state index in [2.05, 4.69) is 5.32 Å². The van der Waals surface area contributed by atoms with Crippen LogP contribution in [0.2, 0.25) is 0 Å². The molecule has 3 aromatic rings. The quantitative estimate of drug-likeness (QED) is 0.480. The Balaban J connectivity index is 0.00000243. The van der Waals surface area contributed by atoms with Crippen LogP contribution in [-0.4, -0.2) is 11.7 Å². The monoisotopic (exact) mass is 414 g/mol. The largest absolute Gasteiger partial charge is 1.00 e.